The van der Waals surface area contributed by atoms with Gasteiger partial charge in [-0.25, -0.2) is 0 Å². The summed E-state index contributed by atoms with van der Waals surface area (Å²) in [5.74, 6) is 0. The summed E-state index contributed by atoms with van der Waals surface area (Å²) in [7, 11) is 0. The Balaban J connectivity index is 2.68. The van der Waals surface area contributed by atoms with Gasteiger partial charge in [0.15, 0.2) is 0 Å². The summed E-state index contributed by atoms with van der Waals surface area (Å²) >= 11 is 6.28. The molecule has 18 heavy (non-hydrogen) atoms. The molecule has 0 radical (unpaired) electrons. The third-order valence-corrected chi connectivity index (χ3v) is 3.68. The van der Waals surface area contributed by atoms with Gasteiger partial charge in [-0.1, -0.05) is 18.3 Å². The molecule has 0 saturated carbocycles. The maximum absolute atomic E-state index is 12.9. The molecule has 2 heterocycles. The SMILES string of the molecule is NCc1c(C(F)(F)F)cc(-c2cccs2)[nH]c1=S. The summed E-state index contributed by atoms with van der Waals surface area (Å²) in [4.78, 5) is 3.49. The monoisotopic (exact) mass is 290 g/mol. The topological polar surface area (TPSA) is 41.8 Å². The van der Waals surface area contributed by atoms with Crippen molar-refractivity contribution < 1.29 is 13.2 Å². The normalized spacial score (nSPS) is 11.8. The van der Waals surface area contributed by atoms with Gasteiger partial charge in [-0.05, 0) is 17.5 Å². The second-order valence-corrected chi connectivity index (χ2v) is 4.94. The Hall–Kier alpha value is -1.18. The number of hydrogen-bond donors (Lipinski definition) is 2. The van der Waals surface area contributed by atoms with Crippen molar-refractivity contribution in [3.8, 4) is 10.6 Å². The number of hydrogen-bond acceptors (Lipinski definition) is 3. The number of nitrogens with two attached hydrogens (primary N) is 1. The second-order valence-electron chi connectivity index (χ2n) is 3.58. The van der Waals surface area contributed by atoms with Crippen LogP contribution in [-0.4, -0.2) is 4.98 Å². The van der Waals surface area contributed by atoms with E-state index in [-0.39, 0.29) is 16.7 Å². The fourth-order valence-corrected chi connectivity index (χ4v) is 2.61. The molecule has 0 atom stereocenters. The van der Waals surface area contributed by atoms with Crippen LogP contribution in [0.25, 0.3) is 10.6 Å². The van der Waals surface area contributed by atoms with Gasteiger partial charge in [0.25, 0.3) is 0 Å². The van der Waals surface area contributed by atoms with Gasteiger partial charge in [0.2, 0.25) is 0 Å². The quantitative estimate of drug-likeness (QED) is 0.822. The lowest BCUT2D eigenvalue weighted by atomic mass is 10.1. The van der Waals surface area contributed by atoms with Gasteiger partial charge in [0, 0.05) is 12.1 Å². The molecule has 2 rings (SSSR count). The van der Waals surface area contributed by atoms with E-state index in [4.69, 9.17) is 18.0 Å². The van der Waals surface area contributed by atoms with Gasteiger partial charge in [0.1, 0.15) is 4.64 Å². The first-order valence-electron chi connectivity index (χ1n) is 5.01. The van der Waals surface area contributed by atoms with Crippen LogP contribution in [0.15, 0.2) is 23.6 Å². The minimum absolute atomic E-state index is 0.0377. The van der Waals surface area contributed by atoms with Crippen molar-refractivity contribution in [3.63, 3.8) is 0 Å². The zero-order valence-electron chi connectivity index (χ0n) is 9.04. The van der Waals surface area contributed by atoms with E-state index in [1.54, 1.807) is 17.5 Å². The van der Waals surface area contributed by atoms with Crippen LogP contribution in [0.2, 0.25) is 0 Å². The number of nitrogens with one attached hydrogen (secondary N) is 1. The number of aromatic nitrogens is 1. The number of rotatable bonds is 2. The van der Waals surface area contributed by atoms with Gasteiger partial charge in [-0.15, -0.1) is 11.3 Å². The lowest BCUT2D eigenvalue weighted by Gasteiger charge is -2.13. The van der Waals surface area contributed by atoms with Crippen LogP contribution in [0.3, 0.4) is 0 Å². The van der Waals surface area contributed by atoms with E-state index in [9.17, 15) is 13.2 Å². The van der Waals surface area contributed by atoms with Crippen LogP contribution in [-0.2, 0) is 12.7 Å². The molecule has 7 heteroatoms. The van der Waals surface area contributed by atoms with Crippen LogP contribution < -0.4 is 5.73 Å². The minimum Gasteiger partial charge on any atom is -0.345 e. The number of H-pyrrole nitrogens is 1. The Morgan fingerprint density at radius 2 is 2.11 bits per heavy atom. The number of thiophene rings is 1. The van der Waals surface area contributed by atoms with Gasteiger partial charge in [-0.2, -0.15) is 13.2 Å². The van der Waals surface area contributed by atoms with Crippen LogP contribution in [0.1, 0.15) is 11.1 Å². The summed E-state index contributed by atoms with van der Waals surface area (Å²) in [5, 5.41) is 1.79. The highest BCUT2D eigenvalue weighted by Crippen LogP contribution is 2.35. The largest absolute Gasteiger partial charge is 0.416 e. The summed E-state index contributed by atoms with van der Waals surface area (Å²) < 4.78 is 38.8. The Morgan fingerprint density at radius 3 is 2.61 bits per heavy atom. The molecular weight excluding hydrogens is 281 g/mol. The lowest BCUT2D eigenvalue weighted by Crippen LogP contribution is -2.13. The van der Waals surface area contributed by atoms with Crippen LogP contribution in [0.5, 0.6) is 0 Å². The van der Waals surface area contributed by atoms with Crippen LogP contribution >= 0.6 is 23.6 Å². The smallest absolute Gasteiger partial charge is 0.345 e. The molecule has 0 fully saturated rings. The van der Waals surface area contributed by atoms with E-state index >= 15 is 0 Å². The zero-order valence-corrected chi connectivity index (χ0v) is 10.7. The molecule has 0 saturated heterocycles. The molecule has 0 amide bonds. The van der Waals surface area contributed by atoms with E-state index in [0.29, 0.717) is 10.6 Å². The predicted octanol–water partition coefficient (Wildman–Crippen LogP) is 3.95. The molecule has 0 aliphatic carbocycles. The highest BCUT2D eigenvalue weighted by Gasteiger charge is 2.34. The molecule has 2 aromatic rings. The zero-order chi connectivity index (χ0) is 13.3. The Bertz CT molecular complexity index is 600. The first-order chi connectivity index (χ1) is 8.43. The molecule has 3 N–H and O–H groups in total. The van der Waals surface area contributed by atoms with Gasteiger partial charge >= 0.3 is 6.18 Å². The van der Waals surface area contributed by atoms with Crippen molar-refractivity contribution in [2.45, 2.75) is 12.7 Å². The van der Waals surface area contributed by atoms with Crippen molar-refractivity contribution >= 4 is 23.6 Å². The molecule has 2 nitrogen and oxygen atoms in total. The highest BCUT2D eigenvalue weighted by molar-refractivity contribution is 7.71. The highest BCUT2D eigenvalue weighted by atomic mass is 32.1. The average molecular weight is 290 g/mol. The maximum Gasteiger partial charge on any atom is 0.416 e. The molecule has 0 aliphatic rings. The van der Waals surface area contributed by atoms with Crippen molar-refractivity contribution in [3.05, 3.63) is 39.3 Å². The van der Waals surface area contributed by atoms with Crippen LogP contribution in [0, 0.1) is 4.64 Å². The number of halogens is 3. The van der Waals surface area contributed by atoms with Crippen LogP contribution in [0.4, 0.5) is 13.2 Å². The van der Waals surface area contributed by atoms with Gasteiger partial charge in [0.05, 0.1) is 16.1 Å². The molecule has 0 aliphatic heterocycles. The van der Waals surface area contributed by atoms with Crippen molar-refractivity contribution in [1.82, 2.24) is 4.98 Å². The summed E-state index contributed by atoms with van der Waals surface area (Å²) in [6.07, 6.45) is -4.45. The first-order valence-corrected chi connectivity index (χ1v) is 6.29. The molecule has 96 valence electrons. The average Bonchev–Trinajstić information content (AvgIpc) is 2.80. The van der Waals surface area contributed by atoms with Crippen molar-refractivity contribution in [2.24, 2.45) is 5.73 Å². The van der Waals surface area contributed by atoms with Gasteiger partial charge in [-0.3, -0.25) is 0 Å². The number of pyridine rings is 1. The summed E-state index contributed by atoms with van der Waals surface area (Å²) in [6, 6.07) is 4.55. The Kier molecular flexibility index (Phi) is 3.56. The van der Waals surface area contributed by atoms with E-state index in [0.717, 1.165) is 6.07 Å². The molecule has 0 unspecified atom stereocenters. The predicted molar refractivity (Wildman–Crippen MR) is 67.8 cm³/mol. The standard InChI is InChI=1S/C11H9F3N2S2/c12-11(13,14)7-4-8(9-2-1-3-18-9)16-10(17)6(7)5-15/h1-4H,5,15H2,(H,16,17). The summed E-state index contributed by atoms with van der Waals surface area (Å²) in [5.41, 5.74) is 4.86. The second kappa shape index (κ2) is 4.83. The van der Waals surface area contributed by atoms with Crippen molar-refractivity contribution in [2.75, 3.05) is 0 Å². The third-order valence-electron chi connectivity index (χ3n) is 2.43. The fraction of sp³-hybridized carbons (Fsp3) is 0.182. The van der Waals surface area contributed by atoms with E-state index in [1.807, 2.05) is 0 Å². The summed E-state index contributed by atoms with van der Waals surface area (Å²) in [6.45, 7) is -0.241. The molecule has 2 aromatic heterocycles. The van der Waals surface area contributed by atoms with E-state index in [1.165, 1.54) is 11.3 Å². The third kappa shape index (κ3) is 2.47. The van der Waals surface area contributed by atoms with Gasteiger partial charge < -0.3 is 10.7 Å². The van der Waals surface area contributed by atoms with Crippen molar-refractivity contribution in [1.29, 1.82) is 0 Å². The number of alkyl halides is 3. The maximum atomic E-state index is 12.9. The molecule has 0 aromatic carbocycles. The molecular formula is C11H9F3N2S2. The lowest BCUT2D eigenvalue weighted by molar-refractivity contribution is -0.138. The minimum atomic E-state index is -4.45. The fourth-order valence-electron chi connectivity index (χ4n) is 1.61. The molecule has 0 spiro atoms. The van der Waals surface area contributed by atoms with E-state index < -0.39 is 11.7 Å². The number of aromatic amines is 1. The first kappa shape index (κ1) is 13.3. The van der Waals surface area contributed by atoms with E-state index in [2.05, 4.69) is 4.98 Å². The Labute approximate surface area is 110 Å². The molecule has 0 bridgehead atoms. The Morgan fingerprint density at radius 1 is 1.39 bits per heavy atom.